The van der Waals surface area contributed by atoms with Crippen LogP contribution in [0.25, 0.3) is 11.0 Å². The molecule has 0 radical (unpaired) electrons. The maximum Gasteiger partial charge on any atom is 0.150 e. The van der Waals surface area contributed by atoms with E-state index in [4.69, 9.17) is 0 Å². The molecule has 1 saturated heterocycles. The summed E-state index contributed by atoms with van der Waals surface area (Å²) in [6.07, 6.45) is 11.4. The average molecular weight is 390 g/mol. The third-order valence-corrected chi connectivity index (χ3v) is 6.80. The van der Waals surface area contributed by atoms with Crippen LogP contribution in [-0.2, 0) is 6.54 Å². The topological polar surface area (TPSA) is 38.1 Å². The van der Waals surface area contributed by atoms with Crippen LogP contribution in [0.3, 0.4) is 0 Å². The zero-order chi connectivity index (χ0) is 20.3. The lowest BCUT2D eigenvalue weighted by atomic mass is 9.73. The van der Waals surface area contributed by atoms with Crippen molar-refractivity contribution >= 4 is 23.0 Å². The molecule has 152 valence electrons. The van der Waals surface area contributed by atoms with E-state index in [9.17, 15) is 4.79 Å². The van der Waals surface area contributed by atoms with Gasteiger partial charge in [-0.3, -0.25) is 4.79 Å². The highest BCUT2D eigenvalue weighted by Gasteiger charge is 2.32. The molecule has 29 heavy (non-hydrogen) atoms. The molecule has 4 rings (SSSR count). The summed E-state index contributed by atoms with van der Waals surface area (Å²) in [6.45, 7) is 7.69. The second-order valence-corrected chi connectivity index (χ2v) is 8.46. The number of aromatic nitrogens is 2. The summed E-state index contributed by atoms with van der Waals surface area (Å²) in [5.74, 6) is 0. The Morgan fingerprint density at radius 3 is 2.48 bits per heavy atom. The lowest BCUT2D eigenvalue weighted by Crippen LogP contribution is -2.40. The van der Waals surface area contributed by atoms with Crippen molar-refractivity contribution in [2.75, 3.05) is 18.0 Å². The molecule has 3 heterocycles. The van der Waals surface area contributed by atoms with E-state index in [1.165, 1.54) is 48.7 Å². The van der Waals surface area contributed by atoms with Crippen molar-refractivity contribution in [3.05, 3.63) is 59.9 Å². The van der Waals surface area contributed by atoms with Gasteiger partial charge in [-0.2, -0.15) is 0 Å². The minimum Gasteiger partial charge on any atom is -0.371 e. The molecular weight excluding hydrogens is 358 g/mol. The van der Waals surface area contributed by atoms with Crippen LogP contribution >= 0.6 is 0 Å². The standard InChI is InChI=1S/C25H31N3O/c1-3-11-25(4-2)12-16-27(17-13-25)23-9-14-26-24-22(23)10-15-28(24)18-20-5-7-21(19-29)8-6-20/h5-10,14-15,19H,3-4,11-13,16-18H2,1-2H3. The summed E-state index contributed by atoms with van der Waals surface area (Å²) < 4.78 is 2.20. The van der Waals surface area contributed by atoms with Gasteiger partial charge >= 0.3 is 0 Å². The molecule has 1 aliphatic rings. The van der Waals surface area contributed by atoms with E-state index >= 15 is 0 Å². The first-order valence-corrected chi connectivity index (χ1v) is 10.9. The first-order chi connectivity index (χ1) is 14.2. The van der Waals surface area contributed by atoms with Crippen molar-refractivity contribution in [1.82, 2.24) is 9.55 Å². The summed E-state index contributed by atoms with van der Waals surface area (Å²) in [5, 5.41) is 1.23. The lowest BCUT2D eigenvalue weighted by molar-refractivity contribution is 0.112. The third-order valence-electron chi connectivity index (χ3n) is 6.80. The van der Waals surface area contributed by atoms with Crippen LogP contribution < -0.4 is 4.90 Å². The van der Waals surface area contributed by atoms with Crippen LogP contribution in [0.2, 0.25) is 0 Å². The highest BCUT2D eigenvalue weighted by Crippen LogP contribution is 2.41. The Kier molecular flexibility index (Phi) is 5.70. The lowest BCUT2D eigenvalue weighted by Gasteiger charge is -2.42. The number of benzene rings is 1. The molecule has 4 nitrogen and oxygen atoms in total. The number of pyridine rings is 1. The molecule has 0 N–H and O–H groups in total. The average Bonchev–Trinajstić information content (AvgIpc) is 3.18. The van der Waals surface area contributed by atoms with Crippen LogP contribution in [0, 0.1) is 5.41 Å². The molecule has 3 aromatic rings. The molecule has 0 saturated carbocycles. The van der Waals surface area contributed by atoms with Gasteiger partial charge in [0.25, 0.3) is 0 Å². The first kappa shape index (κ1) is 19.7. The van der Waals surface area contributed by atoms with Crippen molar-refractivity contribution in [3.8, 4) is 0 Å². The third kappa shape index (κ3) is 3.93. The molecule has 0 atom stereocenters. The van der Waals surface area contributed by atoms with E-state index in [2.05, 4.69) is 46.6 Å². The molecule has 1 aromatic carbocycles. The van der Waals surface area contributed by atoms with Gasteiger partial charge in [0.2, 0.25) is 0 Å². The fourth-order valence-electron chi connectivity index (χ4n) is 4.91. The summed E-state index contributed by atoms with van der Waals surface area (Å²) >= 11 is 0. The second-order valence-electron chi connectivity index (χ2n) is 8.46. The van der Waals surface area contributed by atoms with Gasteiger partial charge in [-0.15, -0.1) is 0 Å². The van der Waals surface area contributed by atoms with E-state index in [1.807, 2.05) is 30.5 Å². The number of piperidine rings is 1. The molecule has 0 unspecified atom stereocenters. The summed E-state index contributed by atoms with van der Waals surface area (Å²) in [7, 11) is 0. The van der Waals surface area contributed by atoms with Gasteiger partial charge in [0.15, 0.2) is 0 Å². The molecule has 0 amide bonds. The fourth-order valence-corrected chi connectivity index (χ4v) is 4.91. The van der Waals surface area contributed by atoms with Gasteiger partial charge in [0.1, 0.15) is 11.9 Å². The Hall–Kier alpha value is -2.62. The maximum atomic E-state index is 10.9. The normalized spacial score (nSPS) is 16.3. The number of hydrogen-bond donors (Lipinski definition) is 0. The van der Waals surface area contributed by atoms with Crippen LogP contribution in [0.4, 0.5) is 5.69 Å². The Morgan fingerprint density at radius 1 is 1.07 bits per heavy atom. The molecule has 1 aliphatic heterocycles. The monoisotopic (exact) mass is 389 g/mol. The van der Waals surface area contributed by atoms with E-state index in [0.717, 1.165) is 31.6 Å². The fraction of sp³-hybridized carbons (Fsp3) is 0.440. The van der Waals surface area contributed by atoms with Gasteiger partial charge in [-0.05, 0) is 42.4 Å². The van der Waals surface area contributed by atoms with Crippen molar-refractivity contribution < 1.29 is 4.79 Å². The van der Waals surface area contributed by atoms with Crippen molar-refractivity contribution in [2.24, 2.45) is 5.41 Å². The Morgan fingerprint density at radius 2 is 1.83 bits per heavy atom. The van der Waals surface area contributed by atoms with E-state index in [-0.39, 0.29) is 0 Å². The molecule has 0 aliphatic carbocycles. The second kappa shape index (κ2) is 8.40. The molecule has 4 heteroatoms. The predicted molar refractivity (Wildman–Crippen MR) is 120 cm³/mol. The summed E-state index contributed by atoms with van der Waals surface area (Å²) in [6, 6.07) is 12.1. The van der Waals surface area contributed by atoms with Gasteiger partial charge in [0.05, 0.1) is 0 Å². The zero-order valence-electron chi connectivity index (χ0n) is 17.6. The highest BCUT2D eigenvalue weighted by molar-refractivity contribution is 5.90. The summed E-state index contributed by atoms with van der Waals surface area (Å²) in [4.78, 5) is 18.1. The first-order valence-electron chi connectivity index (χ1n) is 10.9. The van der Waals surface area contributed by atoms with Gasteiger partial charge in [-0.1, -0.05) is 51.0 Å². The SMILES string of the molecule is CCCC1(CC)CCN(c2ccnc3c2ccn3Cc2ccc(C=O)cc2)CC1. The van der Waals surface area contributed by atoms with Crippen LogP contribution in [0.5, 0.6) is 0 Å². The van der Waals surface area contributed by atoms with Crippen LogP contribution in [0.15, 0.2) is 48.8 Å². The molecule has 2 aromatic heterocycles. The quantitative estimate of drug-likeness (QED) is 0.487. The van der Waals surface area contributed by atoms with Gasteiger partial charge in [-0.25, -0.2) is 4.98 Å². The molecule has 1 fully saturated rings. The minimum atomic E-state index is 0.539. The smallest absolute Gasteiger partial charge is 0.150 e. The Balaban J connectivity index is 1.55. The minimum absolute atomic E-state index is 0.539. The van der Waals surface area contributed by atoms with E-state index in [1.54, 1.807) is 0 Å². The Labute approximate surface area is 173 Å². The van der Waals surface area contributed by atoms with Crippen molar-refractivity contribution in [3.63, 3.8) is 0 Å². The van der Waals surface area contributed by atoms with Crippen LogP contribution in [0.1, 0.15) is 61.9 Å². The highest BCUT2D eigenvalue weighted by atomic mass is 16.1. The molecular formula is C25H31N3O. The number of carbonyl (C=O) groups excluding carboxylic acids is 1. The largest absolute Gasteiger partial charge is 0.371 e. The van der Waals surface area contributed by atoms with E-state index in [0.29, 0.717) is 11.0 Å². The number of rotatable bonds is 7. The number of hydrogen-bond acceptors (Lipinski definition) is 3. The number of fused-ring (bicyclic) bond motifs is 1. The van der Waals surface area contributed by atoms with Gasteiger partial charge < -0.3 is 9.47 Å². The van der Waals surface area contributed by atoms with Crippen molar-refractivity contribution in [1.29, 1.82) is 0 Å². The summed E-state index contributed by atoms with van der Waals surface area (Å²) in [5.41, 5.74) is 4.76. The van der Waals surface area contributed by atoms with Crippen LogP contribution in [-0.4, -0.2) is 28.9 Å². The maximum absolute atomic E-state index is 10.9. The number of anilines is 1. The molecule has 0 spiro atoms. The number of carbonyl (C=O) groups is 1. The molecule has 0 bridgehead atoms. The Bertz CT molecular complexity index is 965. The van der Waals surface area contributed by atoms with E-state index < -0.39 is 0 Å². The number of nitrogens with zero attached hydrogens (tertiary/aromatic N) is 3. The predicted octanol–water partition coefficient (Wildman–Crippen LogP) is 5.69. The van der Waals surface area contributed by atoms with Crippen molar-refractivity contribution in [2.45, 2.75) is 52.5 Å². The van der Waals surface area contributed by atoms with Gasteiger partial charge in [0, 0.05) is 48.7 Å². The number of aldehydes is 1. The zero-order valence-corrected chi connectivity index (χ0v) is 17.6.